The Morgan fingerprint density at radius 2 is 2.08 bits per heavy atom. The molecule has 0 spiro atoms. The van der Waals surface area contributed by atoms with Crippen LogP contribution < -0.4 is 0 Å². The maximum Gasteiger partial charge on any atom is 0.229 e. The van der Waals surface area contributed by atoms with Crippen LogP contribution in [0, 0.1) is 6.92 Å². The number of hydrogen-bond donors (Lipinski definition) is 1. The highest BCUT2D eigenvalue weighted by atomic mass is 16.3. The zero-order valence-corrected chi connectivity index (χ0v) is 15.1. The number of aryl methyl sites for hydroxylation is 1. The van der Waals surface area contributed by atoms with Gasteiger partial charge < -0.3 is 10.0 Å². The first-order valence-electron chi connectivity index (χ1n) is 9.08. The van der Waals surface area contributed by atoms with Crippen LogP contribution in [0.15, 0.2) is 36.5 Å². The lowest BCUT2D eigenvalue weighted by atomic mass is 9.91. The zero-order chi connectivity index (χ0) is 17.8. The molecule has 1 aromatic carbocycles. The summed E-state index contributed by atoms with van der Waals surface area (Å²) in [5.74, 6) is 0.525. The summed E-state index contributed by atoms with van der Waals surface area (Å²) in [4.78, 5) is 14.8. The van der Waals surface area contributed by atoms with Crippen LogP contribution in [-0.2, 0) is 11.3 Å². The molecule has 0 saturated carbocycles. The van der Waals surface area contributed by atoms with E-state index in [1.54, 1.807) is 6.20 Å². The molecule has 0 radical (unpaired) electrons. The second-order valence-corrected chi connectivity index (χ2v) is 6.94. The minimum Gasteiger partial charge on any atom is -0.394 e. The summed E-state index contributed by atoms with van der Waals surface area (Å²) in [6.45, 7) is 6.25. The van der Waals surface area contributed by atoms with Crippen molar-refractivity contribution in [1.29, 1.82) is 0 Å². The van der Waals surface area contributed by atoms with Crippen LogP contribution in [0.4, 0.5) is 0 Å². The molecule has 1 atom stereocenters. The first kappa shape index (κ1) is 17.7. The molecule has 1 fully saturated rings. The maximum atomic E-state index is 12.8. The number of hydrogen-bond acceptors (Lipinski definition) is 3. The number of piperidine rings is 1. The lowest BCUT2D eigenvalue weighted by Gasteiger charge is -2.34. The Bertz CT molecular complexity index is 717. The molecule has 5 heteroatoms. The molecular weight excluding hydrogens is 314 g/mol. The number of aliphatic hydroxyl groups excluding tert-OH is 1. The van der Waals surface area contributed by atoms with Gasteiger partial charge >= 0.3 is 0 Å². The summed E-state index contributed by atoms with van der Waals surface area (Å²) < 4.78 is 1.89. The monoisotopic (exact) mass is 341 g/mol. The molecule has 134 valence electrons. The maximum absolute atomic E-state index is 12.8. The van der Waals surface area contributed by atoms with Crippen molar-refractivity contribution in [3.63, 3.8) is 0 Å². The van der Waals surface area contributed by atoms with Gasteiger partial charge in [0.2, 0.25) is 5.91 Å². The third-order valence-corrected chi connectivity index (χ3v) is 5.20. The van der Waals surface area contributed by atoms with E-state index >= 15 is 0 Å². The van der Waals surface area contributed by atoms with Crippen LogP contribution in [-0.4, -0.2) is 45.4 Å². The van der Waals surface area contributed by atoms with Gasteiger partial charge in [0, 0.05) is 30.9 Å². The average Bonchev–Trinajstić information content (AvgIpc) is 3.09. The molecule has 1 saturated heterocycles. The molecule has 0 aliphatic carbocycles. The van der Waals surface area contributed by atoms with Gasteiger partial charge in [-0.05, 0) is 38.3 Å². The zero-order valence-electron chi connectivity index (χ0n) is 15.1. The van der Waals surface area contributed by atoms with Crippen molar-refractivity contribution in [3.8, 4) is 0 Å². The van der Waals surface area contributed by atoms with E-state index in [1.807, 2.05) is 34.7 Å². The highest BCUT2D eigenvalue weighted by molar-refractivity contribution is 5.83. The van der Waals surface area contributed by atoms with E-state index < -0.39 is 0 Å². The predicted octanol–water partition coefficient (Wildman–Crippen LogP) is 2.69. The number of carbonyl (C=O) groups is 1. The van der Waals surface area contributed by atoms with E-state index in [0.29, 0.717) is 12.5 Å². The molecule has 1 aliphatic rings. The molecule has 0 bridgehead atoms. The molecule has 1 unspecified atom stereocenters. The molecule has 3 rings (SSSR count). The minimum absolute atomic E-state index is 0.0972. The van der Waals surface area contributed by atoms with E-state index in [2.05, 4.69) is 24.2 Å². The van der Waals surface area contributed by atoms with E-state index in [0.717, 1.165) is 31.5 Å². The number of benzene rings is 1. The number of amides is 1. The van der Waals surface area contributed by atoms with Crippen LogP contribution in [0.5, 0.6) is 0 Å². The first-order valence-corrected chi connectivity index (χ1v) is 9.08. The van der Waals surface area contributed by atoms with E-state index in [4.69, 9.17) is 5.11 Å². The highest BCUT2D eigenvalue weighted by Crippen LogP contribution is 2.29. The lowest BCUT2D eigenvalue weighted by molar-refractivity contribution is -0.133. The Labute approximate surface area is 149 Å². The van der Waals surface area contributed by atoms with Gasteiger partial charge in [0.05, 0.1) is 19.1 Å². The van der Waals surface area contributed by atoms with Crippen molar-refractivity contribution in [2.75, 3.05) is 19.7 Å². The Hall–Kier alpha value is -2.14. The third-order valence-electron chi connectivity index (χ3n) is 5.20. The summed E-state index contributed by atoms with van der Waals surface area (Å²) in [6.07, 6.45) is 3.69. The lowest BCUT2D eigenvalue weighted by Crippen LogP contribution is -2.40. The Kier molecular flexibility index (Phi) is 5.53. The summed E-state index contributed by atoms with van der Waals surface area (Å²) in [5, 5.41) is 13.4. The Morgan fingerprint density at radius 1 is 1.32 bits per heavy atom. The summed E-state index contributed by atoms with van der Waals surface area (Å²) in [5.41, 5.74) is 3.45. The smallest absolute Gasteiger partial charge is 0.229 e. The van der Waals surface area contributed by atoms with Crippen LogP contribution in [0.2, 0.25) is 0 Å². The van der Waals surface area contributed by atoms with Crippen LogP contribution in [0.3, 0.4) is 0 Å². The molecule has 1 amide bonds. The van der Waals surface area contributed by atoms with Crippen LogP contribution in [0.1, 0.15) is 48.4 Å². The van der Waals surface area contributed by atoms with Crippen molar-refractivity contribution < 1.29 is 9.90 Å². The summed E-state index contributed by atoms with van der Waals surface area (Å²) >= 11 is 0. The SMILES string of the molecule is Cc1cccc(C(C)C(=O)N2CCC(c3ccnn3CCO)CC2)c1. The van der Waals surface area contributed by atoms with Crippen LogP contribution >= 0.6 is 0 Å². The molecule has 1 aromatic heterocycles. The van der Waals surface area contributed by atoms with Gasteiger partial charge in [-0.15, -0.1) is 0 Å². The summed E-state index contributed by atoms with van der Waals surface area (Å²) in [7, 11) is 0. The second-order valence-electron chi connectivity index (χ2n) is 6.94. The highest BCUT2D eigenvalue weighted by Gasteiger charge is 2.28. The van der Waals surface area contributed by atoms with Gasteiger partial charge in [0.25, 0.3) is 0 Å². The van der Waals surface area contributed by atoms with E-state index in [-0.39, 0.29) is 18.4 Å². The Morgan fingerprint density at radius 3 is 2.76 bits per heavy atom. The number of rotatable bonds is 5. The number of nitrogens with zero attached hydrogens (tertiary/aromatic N) is 3. The molecule has 1 N–H and O–H groups in total. The number of aromatic nitrogens is 2. The minimum atomic E-state index is -0.101. The topological polar surface area (TPSA) is 58.4 Å². The Balaban J connectivity index is 1.61. The molecule has 5 nitrogen and oxygen atoms in total. The third kappa shape index (κ3) is 3.93. The van der Waals surface area contributed by atoms with Gasteiger partial charge in [-0.25, -0.2) is 0 Å². The molecule has 2 heterocycles. The van der Waals surface area contributed by atoms with Crippen molar-refractivity contribution in [2.45, 2.75) is 45.1 Å². The van der Waals surface area contributed by atoms with Gasteiger partial charge in [0.15, 0.2) is 0 Å². The fourth-order valence-corrected chi connectivity index (χ4v) is 3.72. The van der Waals surface area contributed by atoms with Gasteiger partial charge in [-0.1, -0.05) is 29.8 Å². The molecule has 1 aliphatic heterocycles. The van der Waals surface area contributed by atoms with Gasteiger partial charge in [0.1, 0.15) is 0 Å². The quantitative estimate of drug-likeness (QED) is 0.910. The van der Waals surface area contributed by atoms with Crippen molar-refractivity contribution in [3.05, 3.63) is 53.3 Å². The normalized spacial score (nSPS) is 16.8. The second kappa shape index (κ2) is 7.83. The average molecular weight is 341 g/mol. The molecule has 2 aromatic rings. The van der Waals surface area contributed by atoms with Crippen molar-refractivity contribution >= 4 is 5.91 Å². The predicted molar refractivity (Wildman–Crippen MR) is 97.5 cm³/mol. The van der Waals surface area contributed by atoms with Crippen LogP contribution in [0.25, 0.3) is 0 Å². The van der Waals surface area contributed by atoms with E-state index in [1.165, 1.54) is 11.3 Å². The fraction of sp³-hybridized carbons (Fsp3) is 0.500. The summed E-state index contributed by atoms with van der Waals surface area (Å²) in [6, 6.07) is 10.2. The largest absolute Gasteiger partial charge is 0.394 e. The standard InChI is InChI=1S/C20H27N3O2/c1-15-4-3-5-18(14-15)16(2)20(25)22-10-7-17(8-11-22)19-6-9-21-23(19)12-13-24/h3-6,9,14,16-17,24H,7-8,10-13H2,1-2H3. The number of aliphatic hydroxyl groups is 1. The van der Waals surface area contributed by atoms with E-state index in [9.17, 15) is 4.79 Å². The molecule has 25 heavy (non-hydrogen) atoms. The first-order chi connectivity index (χ1) is 12.1. The van der Waals surface area contributed by atoms with Crippen molar-refractivity contribution in [2.24, 2.45) is 0 Å². The number of likely N-dealkylation sites (tertiary alicyclic amines) is 1. The van der Waals surface area contributed by atoms with Crippen molar-refractivity contribution in [1.82, 2.24) is 14.7 Å². The van der Waals surface area contributed by atoms with Gasteiger partial charge in [-0.3, -0.25) is 9.48 Å². The molecular formula is C20H27N3O2. The van der Waals surface area contributed by atoms with Gasteiger partial charge in [-0.2, -0.15) is 5.10 Å². The fourth-order valence-electron chi connectivity index (χ4n) is 3.72. The number of carbonyl (C=O) groups excluding carboxylic acids is 1.